The number of aryl methyl sites for hydroxylation is 1. The van der Waals surface area contributed by atoms with Gasteiger partial charge in [0.1, 0.15) is 0 Å². The van der Waals surface area contributed by atoms with Gasteiger partial charge < -0.3 is 19.3 Å². The predicted molar refractivity (Wildman–Crippen MR) is 101 cm³/mol. The van der Waals surface area contributed by atoms with Gasteiger partial charge in [-0.3, -0.25) is 14.6 Å². The molecule has 0 bridgehead atoms. The van der Waals surface area contributed by atoms with Crippen LogP contribution in [0.1, 0.15) is 35.4 Å². The first-order chi connectivity index (χ1) is 14.6. The van der Waals surface area contributed by atoms with E-state index in [0.717, 1.165) is 17.7 Å². The molecule has 166 valence electrons. The topological polar surface area (TPSA) is 104 Å². The van der Waals surface area contributed by atoms with Crippen molar-refractivity contribution in [3.8, 4) is 0 Å². The van der Waals surface area contributed by atoms with Crippen molar-refractivity contribution in [2.45, 2.75) is 44.4 Å². The van der Waals surface area contributed by atoms with E-state index in [0.29, 0.717) is 25.1 Å². The zero-order valence-corrected chi connectivity index (χ0v) is 16.5. The number of hydrogen-bond acceptors (Lipinski definition) is 5. The Labute approximate surface area is 175 Å². The number of likely N-dealkylation sites (tertiary alicyclic amines) is 1. The first-order valence-electron chi connectivity index (χ1n) is 9.48. The number of carboxylic acids is 1. The summed E-state index contributed by atoms with van der Waals surface area (Å²) in [5.41, 5.74) is 1.65. The average Bonchev–Trinajstić information content (AvgIpc) is 3.34. The number of hydrogen-bond donors (Lipinski definition) is 1. The number of anilines is 1. The van der Waals surface area contributed by atoms with Crippen molar-refractivity contribution in [3.63, 3.8) is 0 Å². The highest BCUT2D eigenvalue weighted by Gasteiger charge is 2.46. The molecule has 0 radical (unpaired) electrons. The van der Waals surface area contributed by atoms with Crippen LogP contribution >= 0.6 is 0 Å². The van der Waals surface area contributed by atoms with E-state index in [4.69, 9.17) is 14.3 Å². The van der Waals surface area contributed by atoms with Gasteiger partial charge in [0.25, 0.3) is 5.91 Å². The SMILES string of the molecule is Cc1ccoc1C(=O)N1CC[C@H]2[C@@H]1CCC(=O)N2c1cccnc1.O=C(O)C(F)(F)F. The zero-order chi connectivity index (χ0) is 22.8. The number of fused-ring (bicyclic) bond motifs is 1. The molecule has 8 nitrogen and oxygen atoms in total. The average molecular weight is 439 g/mol. The van der Waals surface area contributed by atoms with Gasteiger partial charge in [0.15, 0.2) is 5.76 Å². The monoisotopic (exact) mass is 439 g/mol. The van der Waals surface area contributed by atoms with Gasteiger partial charge in [0.2, 0.25) is 5.91 Å². The Morgan fingerprint density at radius 3 is 2.48 bits per heavy atom. The number of carbonyl (C=O) groups is 3. The molecule has 0 aromatic carbocycles. The molecule has 2 aliphatic heterocycles. The molecule has 2 aromatic rings. The van der Waals surface area contributed by atoms with Crippen molar-refractivity contribution >= 4 is 23.5 Å². The maximum absolute atomic E-state index is 12.8. The molecule has 0 aliphatic carbocycles. The van der Waals surface area contributed by atoms with E-state index in [1.165, 1.54) is 0 Å². The highest BCUT2D eigenvalue weighted by atomic mass is 19.4. The molecule has 2 saturated heterocycles. The molecular weight excluding hydrogens is 419 g/mol. The Kier molecular flexibility index (Phi) is 6.32. The van der Waals surface area contributed by atoms with Crippen LogP contribution in [0.25, 0.3) is 0 Å². The van der Waals surface area contributed by atoms with Crippen LogP contribution in [0.2, 0.25) is 0 Å². The fourth-order valence-corrected chi connectivity index (χ4v) is 3.87. The van der Waals surface area contributed by atoms with E-state index in [2.05, 4.69) is 4.98 Å². The summed E-state index contributed by atoms with van der Waals surface area (Å²) in [6.45, 7) is 2.51. The lowest BCUT2D eigenvalue weighted by atomic mass is 9.95. The van der Waals surface area contributed by atoms with Crippen LogP contribution in [0, 0.1) is 6.92 Å². The smallest absolute Gasteiger partial charge is 0.475 e. The van der Waals surface area contributed by atoms with Crippen LogP contribution in [-0.2, 0) is 9.59 Å². The molecule has 2 aromatic heterocycles. The predicted octanol–water partition coefficient (Wildman–Crippen LogP) is 3.03. The number of furan rings is 1. The second kappa shape index (κ2) is 8.78. The van der Waals surface area contributed by atoms with E-state index >= 15 is 0 Å². The highest BCUT2D eigenvalue weighted by Crippen LogP contribution is 2.35. The minimum Gasteiger partial charge on any atom is -0.475 e. The molecule has 2 atom stereocenters. The Morgan fingerprint density at radius 2 is 1.94 bits per heavy atom. The number of pyridine rings is 1. The third kappa shape index (κ3) is 4.70. The summed E-state index contributed by atoms with van der Waals surface area (Å²) >= 11 is 0. The highest BCUT2D eigenvalue weighted by molar-refractivity contribution is 5.97. The second-order valence-electron chi connectivity index (χ2n) is 7.17. The molecule has 2 amide bonds. The lowest BCUT2D eigenvalue weighted by molar-refractivity contribution is -0.192. The van der Waals surface area contributed by atoms with E-state index in [9.17, 15) is 22.8 Å². The van der Waals surface area contributed by atoms with E-state index in [1.807, 2.05) is 28.9 Å². The molecule has 31 heavy (non-hydrogen) atoms. The van der Waals surface area contributed by atoms with Gasteiger partial charge in [-0.25, -0.2) is 4.79 Å². The number of amides is 2. The van der Waals surface area contributed by atoms with Crippen molar-refractivity contribution in [2.24, 2.45) is 0 Å². The first-order valence-corrected chi connectivity index (χ1v) is 9.48. The normalized spacial score (nSPS) is 20.7. The number of carbonyl (C=O) groups excluding carboxylic acids is 2. The largest absolute Gasteiger partial charge is 0.490 e. The van der Waals surface area contributed by atoms with Crippen LogP contribution in [0.4, 0.5) is 18.9 Å². The van der Waals surface area contributed by atoms with Crippen molar-refractivity contribution in [2.75, 3.05) is 11.4 Å². The number of piperidine rings is 1. The summed E-state index contributed by atoms with van der Waals surface area (Å²) in [6.07, 6.45) is 1.78. The van der Waals surface area contributed by atoms with Crippen LogP contribution in [-0.4, -0.2) is 57.6 Å². The molecule has 0 unspecified atom stereocenters. The molecule has 1 N–H and O–H groups in total. The molecule has 0 spiro atoms. The van der Waals surface area contributed by atoms with E-state index in [-0.39, 0.29) is 23.9 Å². The summed E-state index contributed by atoms with van der Waals surface area (Å²) in [6, 6.07) is 5.56. The van der Waals surface area contributed by atoms with Gasteiger partial charge in [-0.05, 0) is 38.0 Å². The minimum atomic E-state index is -5.08. The molecule has 2 fully saturated rings. The molecule has 4 heterocycles. The Balaban J connectivity index is 0.000000339. The van der Waals surface area contributed by atoms with Gasteiger partial charge in [-0.1, -0.05) is 0 Å². The summed E-state index contributed by atoms with van der Waals surface area (Å²) in [5, 5.41) is 7.12. The maximum atomic E-state index is 12.8. The number of halogens is 3. The Hall–Kier alpha value is -3.37. The molecule has 4 rings (SSSR count). The van der Waals surface area contributed by atoms with Crippen molar-refractivity contribution in [3.05, 3.63) is 48.2 Å². The van der Waals surface area contributed by atoms with E-state index in [1.54, 1.807) is 24.7 Å². The number of carboxylic acid groups (broad SMARTS) is 1. The van der Waals surface area contributed by atoms with E-state index < -0.39 is 12.1 Å². The molecule has 0 saturated carbocycles. The van der Waals surface area contributed by atoms with Crippen molar-refractivity contribution in [1.82, 2.24) is 9.88 Å². The van der Waals surface area contributed by atoms with Crippen LogP contribution < -0.4 is 4.90 Å². The number of alkyl halides is 3. The fourth-order valence-electron chi connectivity index (χ4n) is 3.87. The van der Waals surface area contributed by atoms with Crippen LogP contribution in [0.15, 0.2) is 41.3 Å². The third-order valence-corrected chi connectivity index (χ3v) is 5.25. The Bertz CT molecular complexity index is 960. The van der Waals surface area contributed by atoms with Gasteiger partial charge in [-0.15, -0.1) is 0 Å². The lowest BCUT2D eigenvalue weighted by Gasteiger charge is -2.39. The number of aromatic nitrogens is 1. The van der Waals surface area contributed by atoms with Crippen molar-refractivity contribution < 1.29 is 37.1 Å². The quantitative estimate of drug-likeness (QED) is 0.772. The van der Waals surface area contributed by atoms with Gasteiger partial charge >= 0.3 is 12.1 Å². The van der Waals surface area contributed by atoms with Gasteiger partial charge in [0, 0.05) is 24.7 Å². The summed E-state index contributed by atoms with van der Waals surface area (Å²) in [7, 11) is 0. The molecule has 2 aliphatic rings. The number of rotatable bonds is 2. The molecule has 11 heteroatoms. The first kappa shape index (κ1) is 22.3. The summed E-state index contributed by atoms with van der Waals surface area (Å²) in [4.78, 5) is 42.0. The summed E-state index contributed by atoms with van der Waals surface area (Å²) in [5.74, 6) is -2.33. The third-order valence-electron chi connectivity index (χ3n) is 5.25. The fraction of sp³-hybridized carbons (Fsp3) is 0.400. The second-order valence-corrected chi connectivity index (χ2v) is 7.17. The Morgan fingerprint density at radius 1 is 1.23 bits per heavy atom. The van der Waals surface area contributed by atoms with Gasteiger partial charge in [-0.2, -0.15) is 13.2 Å². The molecular formula is C20H20F3N3O5. The van der Waals surface area contributed by atoms with Gasteiger partial charge in [0.05, 0.1) is 30.2 Å². The lowest BCUT2D eigenvalue weighted by Crippen LogP contribution is -2.53. The standard InChI is InChI=1S/C18H19N3O3.C2HF3O2/c1-12-7-10-24-17(12)18(23)20-9-6-15-14(20)4-5-16(22)21(15)13-3-2-8-19-11-13;3-2(4,5)1(6)7/h2-3,7-8,10-11,14-15H,4-6,9H2,1H3;(H,6,7)/t14-,15-;/m0./s1. The van der Waals surface area contributed by atoms with Crippen LogP contribution in [0.3, 0.4) is 0 Å². The summed E-state index contributed by atoms with van der Waals surface area (Å²) < 4.78 is 37.1. The number of aliphatic carboxylic acids is 1. The minimum absolute atomic E-state index is 0.00895. The number of nitrogens with zero attached hydrogens (tertiary/aromatic N) is 3. The van der Waals surface area contributed by atoms with Crippen molar-refractivity contribution in [1.29, 1.82) is 0 Å². The maximum Gasteiger partial charge on any atom is 0.490 e. The zero-order valence-electron chi connectivity index (χ0n) is 16.5. The van der Waals surface area contributed by atoms with Crippen LogP contribution in [0.5, 0.6) is 0 Å².